The maximum atomic E-state index is 4.37. The summed E-state index contributed by atoms with van der Waals surface area (Å²) in [5.74, 6) is 0.368. The van der Waals surface area contributed by atoms with Crippen LogP contribution >= 0.6 is 0 Å². The van der Waals surface area contributed by atoms with Crippen LogP contribution in [-0.4, -0.2) is 11.8 Å². The number of hydrogen-bond acceptors (Lipinski definition) is 2. The predicted octanol–water partition coefficient (Wildman–Crippen LogP) is 4.40. The van der Waals surface area contributed by atoms with Gasteiger partial charge in [-0.3, -0.25) is 0 Å². The van der Waals surface area contributed by atoms with Crippen LogP contribution in [0.25, 0.3) is 0 Å². The number of nitrogens with zero attached hydrogens (tertiary/aromatic N) is 1. The number of allylic oxidation sites excluding steroid dienone is 4. The molecule has 0 amide bonds. The van der Waals surface area contributed by atoms with Crippen LogP contribution in [0.3, 0.4) is 0 Å². The molecule has 0 unspecified atom stereocenters. The van der Waals surface area contributed by atoms with Gasteiger partial charge in [0, 0.05) is 11.5 Å². The molecule has 2 rings (SSSR count). The normalized spacial score (nSPS) is 16.4. The van der Waals surface area contributed by atoms with E-state index in [0.717, 1.165) is 0 Å². The molecule has 20 heavy (non-hydrogen) atoms. The molecule has 0 atom stereocenters. The van der Waals surface area contributed by atoms with Gasteiger partial charge in [0.05, 0.1) is 6.21 Å². The Morgan fingerprint density at radius 2 is 1.65 bits per heavy atom. The number of rotatable bonds is 3. The summed E-state index contributed by atoms with van der Waals surface area (Å²) in [6.07, 6.45) is 6.56. The first-order valence-electron chi connectivity index (χ1n) is 7.13. The number of hydrogen-bond donors (Lipinski definition) is 1. The molecule has 0 aromatic heterocycles. The minimum atomic E-state index is -0.00815. The Hall–Kier alpha value is -1.83. The zero-order chi connectivity index (χ0) is 14.8. The highest BCUT2D eigenvalue weighted by Gasteiger charge is 2.15. The summed E-state index contributed by atoms with van der Waals surface area (Å²) in [6, 6.07) is 8.45. The Morgan fingerprint density at radius 1 is 1.05 bits per heavy atom. The predicted molar refractivity (Wildman–Crippen MR) is 87.2 cm³/mol. The van der Waals surface area contributed by atoms with Gasteiger partial charge in [-0.2, -0.15) is 5.10 Å². The number of nitrogens with one attached hydrogen (secondary N) is 1. The van der Waals surface area contributed by atoms with E-state index < -0.39 is 0 Å². The van der Waals surface area contributed by atoms with E-state index in [2.05, 4.69) is 81.6 Å². The van der Waals surface area contributed by atoms with E-state index in [1.54, 1.807) is 0 Å². The minimum Gasteiger partial charge on any atom is -0.305 e. The largest absolute Gasteiger partial charge is 0.305 e. The molecule has 1 aromatic carbocycles. The van der Waals surface area contributed by atoms with Crippen molar-refractivity contribution in [1.29, 1.82) is 0 Å². The van der Waals surface area contributed by atoms with Crippen LogP contribution in [0.1, 0.15) is 51.7 Å². The highest BCUT2D eigenvalue weighted by Crippen LogP contribution is 2.32. The third kappa shape index (κ3) is 3.60. The van der Waals surface area contributed by atoms with Gasteiger partial charge in [0.2, 0.25) is 0 Å². The lowest BCUT2D eigenvalue weighted by molar-refractivity contribution is 0.442. The van der Waals surface area contributed by atoms with Crippen LogP contribution in [0.5, 0.6) is 0 Å². The molecule has 0 radical (unpaired) electrons. The van der Waals surface area contributed by atoms with Gasteiger partial charge in [-0.05, 0) is 45.7 Å². The molecule has 1 aromatic rings. The minimum absolute atomic E-state index is 0.00815. The lowest BCUT2D eigenvalue weighted by Crippen LogP contribution is -2.31. The molecular formula is C18H24N2. The molecule has 0 saturated carbocycles. The lowest BCUT2D eigenvalue weighted by Gasteiger charge is -2.17. The second-order valence-corrected chi connectivity index (χ2v) is 6.47. The van der Waals surface area contributed by atoms with Crippen molar-refractivity contribution in [3.8, 4) is 0 Å². The zero-order valence-corrected chi connectivity index (χ0v) is 13.1. The summed E-state index contributed by atoms with van der Waals surface area (Å²) in [7, 11) is 0. The van der Waals surface area contributed by atoms with Gasteiger partial charge >= 0.3 is 0 Å². The fourth-order valence-corrected chi connectivity index (χ4v) is 2.26. The van der Waals surface area contributed by atoms with E-state index in [1.165, 1.54) is 22.3 Å². The molecule has 0 heterocycles. The van der Waals surface area contributed by atoms with Gasteiger partial charge in [0.15, 0.2) is 0 Å². The SMILES string of the molecule is CC1=CC(c2ccccc2C=NNC(C)(C)C)C=C1C. The quantitative estimate of drug-likeness (QED) is 0.638. The van der Waals surface area contributed by atoms with Crippen molar-refractivity contribution in [3.05, 3.63) is 58.7 Å². The van der Waals surface area contributed by atoms with Crippen molar-refractivity contribution in [3.63, 3.8) is 0 Å². The fourth-order valence-electron chi connectivity index (χ4n) is 2.26. The van der Waals surface area contributed by atoms with Crippen LogP contribution in [0.4, 0.5) is 0 Å². The molecule has 1 N–H and O–H groups in total. The van der Waals surface area contributed by atoms with E-state index in [0.29, 0.717) is 5.92 Å². The fraction of sp³-hybridized carbons (Fsp3) is 0.389. The topological polar surface area (TPSA) is 24.4 Å². The van der Waals surface area contributed by atoms with Crippen LogP contribution in [0, 0.1) is 0 Å². The van der Waals surface area contributed by atoms with E-state index >= 15 is 0 Å². The van der Waals surface area contributed by atoms with Crippen molar-refractivity contribution in [1.82, 2.24) is 5.43 Å². The monoisotopic (exact) mass is 268 g/mol. The van der Waals surface area contributed by atoms with Crippen molar-refractivity contribution < 1.29 is 0 Å². The van der Waals surface area contributed by atoms with Crippen molar-refractivity contribution >= 4 is 6.21 Å². The van der Waals surface area contributed by atoms with E-state index in [1.807, 2.05) is 6.21 Å². The van der Waals surface area contributed by atoms with Crippen LogP contribution in [-0.2, 0) is 0 Å². The van der Waals surface area contributed by atoms with E-state index in [-0.39, 0.29) is 5.54 Å². The molecule has 0 aliphatic heterocycles. The first-order chi connectivity index (χ1) is 9.37. The molecule has 106 valence electrons. The Labute approximate surface area is 122 Å². The molecule has 1 aliphatic rings. The molecule has 2 heteroatoms. The first-order valence-corrected chi connectivity index (χ1v) is 7.13. The second-order valence-electron chi connectivity index (χ2n) is 6.47. The molecular weight excluding hydrogens is 244 g/mol. The third-order valence-electron chi connectivity index (χ3n) is 3.44. The third-order valence-corrected chi connectivity index (χ3v) is 3.44. The summed E-state index contributed by atoms with van der Waals surface area (Å²) >= 11 is 0. The summed E-state index contributed by atoms with van der Waals surface area (Å²) < 4.78 is 0. The van der Waals surface area contributed by atoms with Crippen LogP contribution in [0.15, 0.2) is 52.7 Å². The van der Waals surface area contributed by atoms with Gasteiger partial charge < -0.3 is 5.43 Å². The first kappa shape index (κ1) is 14.6. The van der Waals surface area contributed by atoms with Gasteiger partial charge in [-0.1, -0.05) is 47.6 Å². The van der Waals surface area contributed by atoms with Gasteiger partial charge in [0.1, 0.15) is 0 Å². The summed E-state index contributed by atoms with van der Waals surface area (Å²) in [5, 5.41) is 4.37. The molecule has 0 saturated heterocycles. The maximum Gasteiger partial charge on any atom is 0.0543 e. The van der Waals surface area contributed by atoms with Crippen molar-refractivity contribution in [2.45, 2.75) is 46.1 Å². The molecule has 2 nitrogen and oxygen atoms in total. The highest BCUT2D eigenvalue weighted by atomic mass is 15.3. The second kappa shape index (κ2) is 5.66. The maximum absolute atomic E-state index is 4.37. The molecule has 0 fully saturated rings. The standard InChI is InChI=1S/C18H24N2/c1-13-10-16(11-14(13)2)17-9-7-6-8-15(17)12-19-20-18(3,4)5/h6-12,16,20H,1-5H3. The lowest BCUT2D eigenvalue weighted by atomic mass is 9.95. The van der Waals surface area contributed by atoms with Gasteiger partial charge in [0.25, 0.3) is 0 Å². The Kier molecular flexibility index (Phi) is 4.12. The smallest absolute Gasteiger partial charge is 0.0543 e. The summed E-state index contributed by atoms with van der Waals surface area (Å²) in [6.45, 7) is 10.6. The molecule has 0 bridgehead atoms. The summed E-state index contributed by atoms with van der Waals surface area (Å²) in [5.41, 5.74) is 8.36. The Bertz CT molecular complexity index is 553. The van der Waals surface area contributed by atoms with Crippen LogP contribution < -0.4 is 5.43 Å². The van der Waals surface area contributed by atoms with Crippen LogP contribution in [0.2, 0.25) is 0 Å². The van der Waals surface area contributed by atoms with E-state index in [9.17, 15) is 0 Å². The molecule has 1 aliphatic carbocycles. The van der Waals surface area contributed by atoms with Gasteiger partial charge in [-0.15, -0.1) is 0 Å². The van der Waals surface area contributed by atoms with Crippen molar-refractivity contribution in [2.24, 2.45) is 5.10 Å². The number of hydrazone groups is 1. The molecule has 0 spiro atoms. The Balaban J connectivity index is 2.24. The zero-order valence-electron chi connectivity index (χ0n) is 13.1. The van der Waals surface area contributed by atoms with E-state index in [4.69, 9.17) is 0 Å². The summed E-state index contributed by atoms with van der Waals surface area (Å²) in [4.78, 5) is 0. The van der Waals surface area contributed by atoms with Crippen molar-refractivity contribution in [2.75, 3.05) is 0 Å². The highest BCUT2D eigenvalue weighted by molar-refractivity contribution is 5.82. The average Bonchev–Trinajstić information content (AvgIpc) is 2.68. The van der Waals surface area contributed by atoms with Gasteiger partial charge in [-0.25, -0.2) is 0 Å². The average molecular weight is 268 g/mol. The number of benzene rings is 1. The Morgan fingerprint density at radius 3 is 2.25 bits per heavy atom.